The maximum absolute atomic E-state index is 11.6. The Bertz CT molecular complexity index is 1030. The van der Waals surface area contributed by atoms with Gasteiger partial charge in [-0.15, -0.1) is 11.3 Å². The minimum absolute atomic E-state index is 0.0885. The average Bonchev–Trinajstić information content (AvgIpc) is 3.42. The number of carbonyl (C=O) groups is 1. The fourth-order valence-corrected chi connectivity index (χ4v) is 4.27. The summed E-state index contributed by atoms with van der Waals surface area (Å²) in [4.78, 5) is 22.8. The summed E-state index contributed by atoms with van der Waals surface area (Å²) < 4.78 is 6.95. The van der Waals surface area contributed by atoms with Crippen molar-refractivity contribution in [1.82, 2.24) is 14.9 Å². The Kier molecular flexibility index (Phi) is 4.81. The van der Waals surface area contributed by atoms with Gasteiger partial charge in [-0.2, -0.15) is 4.98 Å². The van der Waals surface area contributed by atoms with Gasteiger partial charge in [0.25, 0.3) is 0 Å². The Balaban J connectivity index is 1.32. The summed E-state index contributed by atoms with van der Waals surface area (Å²) in [6.45, 7) is 3.42. The quantitative estimate of drug-likeness (QED) is 0.665. The summed E-state index contributed by atoms with van der Waals surface area (Å²) in [5.41, 5.74) is 2.93. The number of hydrogen-bond acceptors (Lipinski definition) is 7. The van der Waals surface area contributed by atoms with Crippen molar-refractivity contribution < 1.29 is 9.53 Å². The maximum Gasteiger partial charge on any atom is 0.229 e. The summed E-state index contributed by atoms with van der Waals surface area (Å²) in [5, 5.41) is 8.87. The molecule has 1 atom stereocenters. The molecule has 0 bridgehead atoms. The van der Waals surface area contributed by atoms with Gasteiger partial charge < -0.3 is 20.3 Å². The number of nitrogens with zero attached hydrogens (tertiary/aromatic N) is 3. The Morgan fingerprint density at radius 1 is 1.21 bits per heavy atom. The van der Waals surface area contributed by atoms with Crippen molar-refractivity contribution in [3.8, 4) is 0 Å². The van der Waals surface area contributed by atoms with Gasteiger partial charge in [-0.3, -0.25) is 4.79 Å². The zero-order chi connectivity index (χ0) is 19.8. The van der Waals surface area contributed by atoms with E-state index in [9.17, 15) is 4.79 Å². The van der Waals surface area contributed by atoms with Crippen molar-refractivity contribution in [2.45, 2.75) is 31.9 Å². The highest BCUT2D eigenvalue weighted by Crippen LogP contribution is 2.32. The fourth-order valence-electron chi connectivity index (χ4n) is 3.49. The van der Waals surface area contributed by atoms with Gasteiger partial charge in [0.05, 0.1) is 23.4 Å². The first-order valence-electron chi connectivity index (χ1n) is 9.91. The zero-order valence-corrected chi connectivity index (χ0v) is 17.0. The highest BCUT2D eigenvalue weighted by atomic mass is 32.1. The molecule has 7 nitrogen and oxygen atoms in total. The monoisotopic (exact) mass is 409 g/mol. The largest absolute Gasteiger partial charge is 0.370 e. The molecule has 1 unspecified atom stereocenters. The smallest absolute Gasteiger partial charge is 0.229 e. The third-order valence-corrected chi connectivity index (χ3v) is 6.18. The van der Waals surface area contributed by atoms with Gasteiger partial charge in [-0.05, 0) is 42.0 Å². The van der Waals surface area contributed by atoms with Crippen molar-refractivity contribution in [3.05, 3.63) is 41.3 Å². The number of carbonyl (C=O) groups excluding carboxylic acids is 1. The van der Waals surface area contributed by atoms with Crippen LogP contribution in [0.25, 0.3) is 10.2 Å². The molecular formula is C21H23N5O2S. The molecule has 1 aliphatic heterocycles. The number of benzene rings is 1. The lowest BCUT2D eigenvalue weighted by Crippen LogP contribution is -2.41. The van der Waals surface area contributed by atoms with Crippen molar-refractivity contribution in [2.75, 3.05) is 30.3 Å². The molecule has 2 fully saturated rings. The number of fused-ring (bicyclic) bond motifs is 1. The summed E-state index contributed by atoms with van der Waals surface area (Å²) in [7, 11) is 0. The van der Waals surface area contributed by atoms with E-state index >= 15 is 0 Å². The minimum Gasteiger partial charge on any atom is -0.370 e. The number of thiophene rings is 1. The summed E-state index contributed by atoms with van der Waals surface area (Å²) >= 11 is 1.66. The lowest BCUT2D eigenvalue weighted by Gasteiger charge is -2.32. The van der Waals surface area contributed by atoms with Crippen LogP contribution in [0.3, 0.4) is 0 Å². The molecule has 29 heavy (non-hydrogen) atoms. The van der Waals surface area contributed by atoms with E-state index in [1.54, 1.807) is 18.3 Å². The number of amides is 1. The van der Waals surface area contributed by atoms with Crippen molar-refractivity contribution in [3.63, 3.8) is 0 Å². The van der Waals surface area contributed by atoms with E-state index in [0.29, 0.717) is 31.7 Å². The molecule has 0 spiro atoms. The van der Waals surface area contributed by atoms with E-state index < -0.39 is 0 Å². The SMILES string of the molecule is CC(=O)N1CCOC(c2ccc(Nc3nc(NC4CC4)c4sccc4n3)cc2)C1. The van der Waals surface area contributed by atoms with Crippen molar-refractivity contribution >= 4 is 44.9 Å². The number of hydrogen-bond donors (Lipinski definition) is 2. The van der Waals surface area contributed by atoms with Crippen LogP contribution in [0.2, 0.25) is 0 Å². The molecule has 3 aromatic rings. The lowest BCUT2D eigenvalue weighted by molar-refractivity contribution is -0.136. The van der Waals surface area contributed by atoms with Crippen LogP contribution in [-0.4, -0.2) is 46.5 Å². The van der Waals surface area contributed by atoms with E-state index in [-0.39, 0.29) is 12.0 Å². The number of rotatable bonds is 5. The molecule has 1 saturated carbocycles. The first-order chi connectivity index (χ1) is 14.2. The van der Waals surface area contributed by atoms with E-state index in [1.807, 2.05) is 40.6 Å². The average molecular weight is 410 g/mol. The number of ether oxygens (including phenoxy) is 1. The van der Waals surface area contributed by atoms with Crippen LogP contribution in [-0.2, 0) is 9.53 Å². The first kappa shape index (κ1) is 18.3. The third kappa shape index (κ3) is 4.04. The normalized spacial score (nSPS) is 19.3. The second-order valence-electron chi connectivity index (χ2n) is 7.52. The second kappa shape index (κ2) is 7.61. The molecule has 5 rings (SSSR count). The topological polar surface area (TPSA) is 79.4 Å². The maximum atomic E-state index is 11.6. The third-order valence-electron chi connectivity index (χ3n) is 5.27. The standard InChI is InChI=1S/C21H23N5O2S/c1-13(27)26-9-10-28-18(12-26)14-2-4-16(5-3-14)23-21-24-17-8-11-29-19(17)20(25-21)22-15-6-7-15/h2-5,8,11,15,18H,6-7,9-10,12H2,1H3,(H2,22,23,24,25). The molecule has 8 heteroatoms. The molecule has 2 aromatic heterocycles. The molecule has 3 heterocycles. The molecule has 1 aromatic carbocycles. The summed E-state index contributed by atoms with van der Waals surface area (Å²) in [5.74, 6) is 1.59. The predicted molar refractivity (Wildman–Crippen MR) is 115 cm³/mol. The predicted octanol–water partition coefficient (Wildman–Crippen LogP) is 3.93. The van der Waals surface area contributed by atoms with Gasteiger partial charge in [0.2, 0.25) is 11.9 Å². The van der Waals surface area contributed by atoms with E-state index in [2.05, 4.69) is 15.6 Å². The Hall–Kier alpha value is -2.71. The second-order valence-corrected chi connectivity index (χ2v) is 8.44. The lowest BCUT2D eigenvalue weighted by atomic mass is 10.1. The summed E-state index contributed by atoms with van der Waals surface area (Å²) in [6.07, 6.45) is 2.31. The number of nitrogens with one attached hydrogen (secondary N) is 2. The van der Waals surface area contributed by atoms with Crippen LogP contribution in [0.4, 0.5) is 17.5 Å². The van der Waals surface area contributed by atoms with Gasteiger partial charge in [-0.25, -0.2) is 4.98 Å². The Labute approximate surface area is 173 Å². The molecule has 2 aliphatic rings. The molecule has 2 N–H and O–H groups in total. The molecule has 0 radical (unpaired) electrons. The highest BCUT2D eigenvalue weighted by Gasteiger charge is 2.24. The molecule has 1 saturated heterocycles. The van der Waals surface area contributed by atoms with Gasteiger partial charge in [0.15, 0.2) is 0 Å². The fraction of sp³-hybridized carbons (Fsp3) is 0.381. The molecule has 150 valence electrons. The van der Waals surface area contributed by atoms with Crippen molar-refractivity contribution in [2.24, 2.45) is 0 Å². The minimum atomic E-state index is -0.0885. The van der Waals surface area contributed by atoms with Gasteiger partial charge in [0.1, 0.15) is 11.9 Å². The van der Waals surface area contributed by atoms with Crippen LogP contribution >= 0.6 is 11.3 Å². The Morgan fingerprint density at radius 2 is 2.03 bits per heavy atom. The van der Waals surface area contributed by atoms with Crippen LogP contribution in [0.5, 0.6) is 0 Å². The Morgan fingerprint density at radius 3 is 2.79 bits per heavy atom. The number of anilines is 3. The van der Waals surface area contributed by atoms with Crippen molar-refractivity contribution in [1.29, 1.82) is 0 Å². The van der Waals surface area contributed by atoms with Gasteiger partial charge in [0, 0.05) is 25.2 Å². The van der Waals surface area contributed by atoms with Crippen LogP contribution in [0.1, 0.15) is 31.4 Å². The van der Waals surface area contributed by atoms with Crippen LogP contribution < -0.4 is 10.6 Å². The van der Waals surface area contributed by atoms with Gasteiger partial charge in [-0.1, -0.05) is 12.1 Å². The summed E-state index contributed by atoms with van der Waals surface area (Å²) in [6, 6.07) is 10.6. The van der Waals surface area contributed by atoms with Crippen LogP contribution in [0, 0.1) is 0 Å². The molecular weight excluding hydrogens is 386 g/mol. The van der Waals surface area contributed by atoms with E-state index in [1.165, 1.54) is 12.8 Å². The highest BCUT2D eigenvalue weighted by molar-refractivity contribution is 7.17. The number of aromatic nitrogens is 2. The zero-order valence-electron chi connectivity index (χ0n) is 16.2. The van der Waals surface area contributed by atoms with E-state index in [0.717, 1.165) is 27.3 Å². The molecule has 1 amide bonds. The molecule has 1 aliphatic carbocycles. The number of morpholine rings is 1. The first-order valence-corrected chi connectivity index (χ1v) is 10.8. The van der Waals surface area contributed by atoms with E-state index in [4.69, 9.17) is 9.72 Å². The van der Waals surface area contributed by atoms with Crippen LogP contribution in [0.15, 0.2) is 35.7 Å². The van der Waals surface area contributed by atoms with Gasteiger partial charge >= 0.3 is 0 Å².